The lowest BCUT2D eigenvalue weighted by atomic mass is 9.84. The average molecular weight is 283 g/mol. The van der Waals surface area contributed by atoms with Gasteiger partial charge in [-0.05, 0) is 30.2 Å². The van der Waals surface area contributed by atoms with Crippen molar-refractivity contribution in [1.29, 1.82) is 5.26 Å². The molecule has 1 fully saturated rings. The fourth-order valence-corrected chi connectivity index (χ4v) is 3.43. The van der Waals surface area contributed by atoms with Crippen molar-refractivity contribution in [3.8, 4) is 6.07 Å². The van der Waals surface area contributed by atoms with Crippen LogP contribution in [0.5, 0.6) is 0 Å². The van der Waals surface area contributed by atoms with Gasteiger partial charge < -0.3 is 5.32 Å². The van der Waals surface area contributed by atoms with E-state index in [1.807, 2.05) is 0 Å². The highest BCUT2D eigenvalue weighted by atomic mass is 35.5. The molecule has 3 nitrogen and oxygen atoms in total. The van der Waals surface area contributed by atoms with Gasteiger partial charge in [0.15, 0.2) is 0 Å². The number of rotatable bonds is 3. The maximum Gasteiger partial charge on any atom is 0.263 e. The fourth-order valence-electron chi connectivity index (χ4n) is 2.39. The van der Waals surface area contributed by atoms with E-state index in [9.17, 15) is 10.1 Å². The lowest BCUT2D eigenvalue weighted by molar-refractivity contribution is 0.0933. The molecule has 1 aromatic rings. The smallest absolute Gasteiger partial charge is 0.263 e. The molecular formula is C13H15ClN2OS. The van der Waals surface area contributed by atoms with Crippen LogP contribution in [0, 0.1) is 17.2 Å². The summed E-state index contributed by atoms with van der Waals surface area (Å²) < 4.78 is 0. The van der Waals surface area contributed by atoms with Gasteiger partial charge in [0, 0.05) is 0 Å². The van der Waals surface area contributed by atoms with Crippen molar-refractivity contribution in [3.05, 3.63) is 21.3 Å². The minimum atomic E-state index is -0.393. The van der Waals surface area contributed by atoms with E-state index in [1.165, 1.54) is 17.8 Å². The highest BCUT2D eigenvalue weighted by Gasteiger charge is 2.26. The normalized spacial score (nSPS) is 18.0. The first-order valence-electron chi connectivity index (χ1n) is 6.16. The Morgan fingerprint density at radius 2 is 2.22 bits per heavy atom. The van der Waals surface area contributed by atoms with Gasteiger partial charge in [0.05, 0.1) is 11.1 Å². The second kappa shape index (κ2) is 6.21. The van der Waals surface area contributed by atoms with Crippen LogP contribution in [0.15, 0.2) is 11.4 Å². The second-order valence-electron chi connectivity index (χ2n) is 4.58. The summed E-state index contributed by atoms with van der Waals surface area (Å²) in [6, 6.07) is 3.52. The van der Waals surface area contributed by atoms with E-state index in [2.05, 4.69) is 11.4 Å². The zero-order chi connectivity index (χ0) is 13.0. The summed E-state index contributed by atoms with van der Waals surface area (Å²) in [5, 5.41) is 14.2. The molecule has 0 saturated heterocycles. The molecule has 5 heteroatoms. The Labute approximate surface area is 116 Å². The van der Waals surface area contributed by atoms with E-state index in [0.717, 1.165) is 25.7 Å². The van der Waals surface area contributed by atoms with Crippen LogP contribution in [0.25, 0.3) is 0 Å². The predicted molar refractivity (Wildman–Crippen MR) is 72.8 cm³/mol. The van der Waals surface area contributed by atoms with Crippen LogP contribution in [0.4, 0.5) is 0 Å². The third-order valence-electron chi connectivity index (χ3n) is 3.37. The minimum absolute atomic E-state index is 0.230. The molecule has 18 heavy (non-hydrogen) atoms. The highest BCUT2D eigenvalue weighted by Crippen LogP contribution is 2.27. The molecule has 0 aromatic carbocycles. The molecule has 1 N–H and O–H groups in total. The predicted octanol–water partition coefficient (Wildman–Crippen LogP) is 3.60. The molecule has 96 valence electrons. The molecule has 1 aliphatic rings. The summed E-state index contributed by atoms with van der Waals surface area (Å²) in [5.74, 6) is 0.0542. The van der Waals surface area contributed by atoms with Crippen LogP contribution in [-0.2, 0) is 0 Å². The van der Waals surface area contributed by atoms with Gasteiger partial charge in [0.2, 0.25) is 0 Å². The van der Waals surface area contributed by atoms with Crippen LogP contribution in [0.2, 0.25) is 5.02 Å². The molecule has 1 saturated carbocycles. The largest absolute Gasteiger partial charge is 0.335 e. The molecule has 1 atom stereocenters. The van der Waals surface area contributed by atoms with Gasteiger partial charge in [0.1, 0.15) is 10.9 Å². The van der Waals surface area contributed by atoms with Crippen molar-refractivity contribution < 1.29 is 4.79 Å². The van der Waals surface area contributed by atoms with E-state index >= 15 is 0 Å². The van der Waals surface area contributed by atoms with Gasteiger partial charge in [-0.25, -0.2) is 0 Å². The number of amides is 1. The van der Waals surface area contributed by atoms with Gasteiger partial charge in [-0.1, -0.05) is 30.9 Å². The van der Waals surface area contributed by atoms with Gasteiger partial charge in [-0.2, -0.15) is 5.26 Å². The monoisotopic (exact) mass is 282 g/mol. The molecule has 0 spiro atoms. The molecule has 0 radical (unpaired) electrons. The topological polar surface area (TPSA) is 52.9 Å². The summed E-state index contributed by atoms with van der Waals surface area (Å²) >= 11 is 7.22. The van der Waals surface area contributed by atoms with Crippen LogP contribution in [0.3, 0.4) is 0 Å². The van der Waals surface area contributed by atoms with Gasteiger partial charge >= 0.3 is 0 Å². The Hall–Kier alpha value is -1.05. The SMILES string of the molecule is N#CC(NC(=O)c1sccc1Cl)C1CCCCC1. The van der Waals surface area contributed by atoms with Crippen molar-refractivity contribution in [3.63, 3.8) is 0 Å². The maximum absolute atomic E-state index is 12.0. The summed E-state index contributed by atoms with van der Waals surface area (Å²) in [6.45, 7) is 0. The first-order chi connectivity index (χ1) is 8.72. The first-order valence-corrected chi connectivity index (χ1v) is 7.41. The van der Waals surface area contributed by atoms with Crippen molar-refractivity contribution in [2.24, 2.45) is 5.92 Å². The Bertz CT molecular complexity index is 460. The molecule has 2 rings (SSSR count). The number of halogens is 1. The highest BCUT2D eigenvalue weighted by molar-refractivity contribution is 7.12. The summed E-state index contributed by atoms with van der Waals surface area (Å²) in [4.78, 5) is 12.5. The Kier molecular flexibility index (Phi) is 4.62. The molecule has 1 aliphatic carbocycles. The van der Waals surface area contributed by atoms with Gasteiger partial charge in [0.25, 0.3) is 5.91 Å². The summed E-state index contributed by atoms with van der Waals surface area (Å²) in [5.41, 5.74) is 0. The van der Waals surface area contributed by atoms with Crippen LogP contribution < -0.4 is 5.32 Å². The van der Waals surface area contributed by atoms with Crippen LogP contribution >= 0.6 is 22.9 Å². The molecule has 1 aromatic heterocycles. The number of nitrogens with one attached hydrogen (secondary N) is 1. The zero-order valence-electron chi connectivity index (χ0n) is 9.99. The first kappa shape index (κ1) is 13.4. The van der Waals surface area contributed by atoms with Crippen LogP contribution in [0.1, 0.15) is 41.8 Å². The lowest BCUT2D eigenvalue weighted by Gasteiger charge is -2.26. The second-order valence-corrected chi connectivity index (χ2v) is 5.90. The maximum atomic E-state index is 12.0. The lowest BCUT2D eigenvalue weighted by Crippen LogP contribution is -2.39. The third kappa shape index (κ3) is 3.04. The minimum Gasteiger partial charge on any atom is -0.335 e. The quantitative estimate of drug-likeness (QED) is 0.921. The molecule has 1 amide bonds. The number of hydrogen-bond acceptors (Lipinski definition) is 3. The molecule has 1 heterocycles. The average Bonchev–Trinajstić information content (AvgIpc) is 2.83. The Morgan fingerprint density at radius 3 is 2.78 bits per heavy atom. The number of nitriles is 1. The van der Waals surface area contributed by atoms with E-state index < -0.39 is 6.04 Å². The number of hydrogen-bond donors (Lipinski definition) is 1. The summed E-state index contributed by atoms with van der Waals surface area (Å²) in [6.07, 6.45) is 5.59. The van der Waals surface area contributed by atoms with Crippen molar-refractivity contribution in [2.45, 2.75) is 38.1 Å². The van der Waals surface area contributed by atoms with E-state index in [1.54, 1.807) is 11.4 Å². The molecule has 0 bridgehead atoms. The van der Waals surface area contributed by atoms with Crippen molar-refractivity contribution >= 4 is 28.8 Å². The summed E-state index contributed by atoms with van der Waals surface area (Å²) in [7, 11) is 0. The Morgan fingerprint density at radius 1 is 1.50 bits per heavy atom. The standard InChI is InChI=1S/C13H15ClN2OS/c14-10-6-7-18-12(10)13(17)16-11(8-15)9-4-2-1-3-5-9/h6-7,9,11H,1-5H2,(H,16,17). The molecule has 1 unspecified atom stereocenters. The zero-order valence-corrected chi connectivity index (χ0v) is 11.6. The number of carbonyl (C=O) groups is 1. The van der Waals surface area contributed by atoms with Gasteiger partial charge in [-0.15, -0.1) is 11.3 Å². The van der Waals surface area contributed by atoms with E-state index in [4.69, 9.17) is 11.6 Å². The van der Waals surface area contributed by atoms with E-state index in [-0.39, 0.29) is 11.8 Å². The number of thiophene rings is 1. The van der Waals surface area contributed by atoms with Gasteiger partial charge in [-0.3, -0.25) is 4.79 Å². The van der Waals surface area contributed by atoms with Crippen LogP contribution in [-0.4, -0.2) is 11.9 Å². The van der Waals surface area contributed by atoms with Crippen molar-refractivity contribution in [2.75, 3.05) is 0 Å². The fraction of sp³-hybridized carbons (Fsp3) is 0.538. The third-order valence-corrected chi connectivity index (χ3v) is 4.71. The molecule has 0 aliphatic heterocycles. The number of nitrogens with zero attached hydrogens (tertiary/aromatic N) is 1. The number of carbonyl (C=O) groups excluding carboxylic acids is 1. The van der Waals surface area contributed by atoms with E-state index in [0.29, 0.717) is 9.90 Å². The van der Waals surface area contributed by atoms with Crippen molar-refractivity contribution in [1.82, 2.24) is 5.32 Å². The molecular weight excluding hydrogens is 268 g/mol. The Balaban J connectivity index is 2.00.